The molecule has 0 radical (unpaired) electrons. The summed E-state index contributed by atoms with van der Waals surface area (Å²) in [6, 6.07) is 3.98. The van der Waals surface area contributed by atoms with Gasteiger partial charge in [-0.25, -0.2) is 4.98 Å². The topological polar surface area (TPSA) is 64.3 Å². The second-order valence-corrected chi connectivity index (χ2v) is 7.25. The fraction of sp³-hybridized carbons (Fsp3) is 0.400. The molecule has 1 aliphatic rings. The average molecular weight is 348 g/mol. The van der Waals surface area contributed by atoms with Crippen molar-refractivity contribution in [1.82, 2.24) is 20.0 Å². The summed E-state index contributed by atoms with van der Waals surface area (Å²) in [4.78, 5) is 12.3. The molecule has 0 amide bonds. The number of hydrogen-bond acceptors (Lipinski definition) is 8. The van der Waals surface area contributed by atoms with Crippen molar-refractivity contribution in [2.24, 2.45) is 0 Å². The Morgan fingerprint density at radius 3 is 3.09 bits per heavy atom. The van der Waals surface area contributed by atoms with Crippen LogP contribution in [0.5, 0.6) is 0 Å². The summed E-state index contributed by atoms with van der Waals surface area (Å²) in [5, 5.41) is 9.17. The van der Waals surface area contributed by atoms with Crippen molar-refractivity contribution >= 4 is 22.7 Å². The van der Waals surface area contributed by atoms with Gasteiger partial charge in [-0.05, 0) is 18.4 Å². The molecule has 3 aromatic rings. The van der Waals surface area contributed by atoms with Crippen molar-refractivity contribution in [3.8, 4) is 10.7 Å². The monoisotopic (exact) mass is 348 g/mol. The first-order valence-electron chi connectivity index (χ1n) is 7.40. The van der Waals surface area contributed by atoms with Crippen LogP contribution < -0.4 is 0 Å². The molecule has 23 heavy (non-hydrogen) atoms. The van der Waals surface area contributed by atoms with Crippen LogP contribution >= 0.6 is 22.7 Å². The Labute approximate surface area is 141 Å². The molecule has 0 saturated carbocycles. The largest absolute Gasteiger partial charge is 0.368 e. The van der Waals surface area contributed by atoms with E-state index in [0.717, 1.165) is 28.7 Å². The Morgan fingerprint density at radius 1 is 1.35 bits per heavy atom. The number of aromatic nitrogens is 3. The van der Waals surface area contributed by atoms with Gasteiger partial charge >= 0.3 is 0 Å². The van der Waals surface area contributed by atoms with Crippen LogP contribution in [-0.4, -0.2) is 39.7 Å². The molecule has 4 heterocycles. The van der Waals surface area contributed by atoms with Gasteiger partial charge < -0.3 is 9.26 Å². The number of aryl methyl sites for hydroxylation is 1. The molecule has 6 nitrogen and oxygen atoms in total. The molecule has 1 fully saturated rings. The molecule has 1 atom stereocenters. The highest BCUT2D eigenvalue weighted by molar-refractivity contribution is 7.13. The number of hydrogen-bond donors (Lipinski definition) is 0. The molecule has 1 aliphatic heterocycles. The van der Waals surface area contributed by atoms with E-state index < -0.39 is 0 Å². The van der Waals surface area contributed by atoms with E-state index in [-0.39, 0.29) is 6.10 Å². The number of thiazole rings is 1. The van der Waals surface area contributed by atoms with E-state index in [0.29, 0.717) is 24.9 Å². The van der Waals surface area contributed by atoms with Gasteiger partial charge in [0.15, 0.2) is 0 Å². The molecular formula is C15H16N4O2S2. The van der Waals surface area contributed by atoms with Crippen LogP contribution in [0.15, 0.2) is 27.4 Å². The Morgan fingerprint density at radius 2 is 2.30 bits per heavy atom. The molecule has 0 aromatic carbocycles. The first-order chi connectivity index (χ1) is 11.3. The van der Waals surface area contributed by atoms with Gasteiger partial charge in [0.1, 0.15) is 11.1 Å². The first-order valence-corrected chi connectivity index (χ1v) is 9.16. The zero-order valence-corrected chi connectivity index (χ0v) is 14.3. The van der Waals surface area contributed by atoms with Crippen LogP contribution in [-0.2, 0) is 11.3 Å². The van der Waals surface area contributed by atoms with E-state index in [1.54, 1.807) is 22.7 Å². The van der Waals surface area contributed by atoms with Crippen molar-refractivity contribution in [3.05, 3.63) is 39.5 Å². The number of rotatable bonds is 4. The van der Waals surface area contributed by atoms with Crippen molar-refractivity contribution in [1.29, 1.82) is 0 Å². The minimum absolute atomic E-state index is 0.0298. The summed E-state index contributed by atoms with van der Waals surface area (Å²) in [5.41, 5.74) is 1.04. The molecule has 0 spiro atoms. The molecule has 0 N–H and O–H groups in total. The first kappa shape index (κ1) is 14.9. The van der Waals surface area contributed by atoms with Gasteiger partial charge in [0.25, 0.3) is 0 Å². The normalized spacial score (nSPS) is 19.3. The van der Waals surface area contributed by atoms with Crippen LogP contribution in [0.4, 0.5) is 0 Å². The van der Waals surface area contributed by atoms with Gasteiger partial charge in [0.05, 0.1) is 18.0 Å². The zero-order chi connectivity index (χ0) is 15.6. The lowest BCUT2D eigenvalue weighted by molar-refractivity contribution is -0.0357. The summed E-state index contributed by atoms with van der Waals surface area (Å²) in [6.45, 7) is 4.99. The van der Waals surface area contributed by atoms with Gasteiger partial charge in [-0.2, -0.15) is 4.98 Å². The Kier molecular flexibility index (Phi) is 4.21. The molecular weight excluding hydrogens is 332 g/mol. The fourth-order valence-corrected chi connectivity index (χ4v) is 4.02. The summed E-state index contributed by atoms with van der Waals surface area (Å²) in [7, 11) is 0. The number of morpholine rings is 1. The second kappa shape index (κ2) is 6.48. The van der Waals surface area contributed by atoms with Crippen molar-refractivity contribution < 1.29 is 9.26 Å². The smallest absolute Gasteiger partial charge is 0.241 e. The highest BCUT2D eigenvalue weighted by Crippen LogP contribution is 2.26. The van der Waals surface area contributed by atoms with Gasteiger partial charge in [0.2, 0.25) is 11.7 Å². The van der Waals surface area contributed by atoms with Crippen molar-refractivity contribution in [3.63, 3.8) is 0 Å². The van der Waals surface area contributed by atoms with Crippen LogP contribution in [0.3, 0.4) is 0 Å². The molecule has 0 unspecified atom stereocenters. The Hall–Kier alpha value is -1.61. The maximum Gasteiger partial charge on any atom is 0.241 e. The predicted octanol–water partition coefficient (Wildman–Crippen LogP) is 3.14. The molecule has 120 valence electrons. The lowest BCUT2D eigenvalue weighted by Crippen LogP contribution is -2.37. The minimum atomic E-state index is 0.0298. The van der Waals surface area contributed by atoms with E-state index in [2.05, 4.69) is 25.4 Å². The molecule has 3 aromatic heterocycles. The zero-order valence-electron chi connectivity index (χ0n) is 12.6. The molecule has 0 bridgehead atoms. The minimum Gasteiger partial charge on any atom is -0.368 e. The summed E-state index contributed by atoms with van der Waals surface area (Å²) < 4.78 is 11.2. The molecule has 8 heteroatoms. The van der Waals surface area contributed by atoms with Crippen molar-refractivity contribution in [2.75, 3.05) is 19.7 Å². The summed E-state index contributed by atoms with van der Waals surface area (Å²) in [5.74, 6) is 1.31. The third-order valence-electron chi connectivity index (χ3n) is 3.63. The lowest BCUT2D eigenvalue weighted by atomic mass is 10.3. The molecule has 0 aliphatic carbocycles. The van der Waals surface area contributed by atoms with Crippen molar-refractivity contribution in [2.45, 2.75) is 19.6 Å². The maximum absolute atomic E-state index is 5.85. The Bertz CT molecular complexity index is 768. The average Bonchev–Trinajstić information content (AvgIpc) is 3.28. The fourth-order valence-electron chi connectivity index (χ4n) is 2.53. The number of nitrogens with zero attached hydrogens (tertiary/aromatic N) is 4. The SMILES string of the molecule is Cc1csc([C@@H]2CN(Cc3nc(-c4cccs4)no3)CCO2)n1. The van der Waals surface area contributed by atoms with Gasteiger partial charge in [-0.3, -0.25) is 4.90 Å². The highest BCUT2D eigenvalue weighted by atomic mass is 32.1. The lowest BCUT2D eigenvalue weighted by Gasteiger charge is -2.30. The maximum atomic E-state index is 5.85. The van der Waals surface area contributed by atoms with Gasteiger partial charge in [-0.15, -0.1) is 22.7 Å². The number of thiophene rings is 1. The third-order valence-corrected chi connectivity index (χ3v) is 5.55. The van der Waals surface area contributed by atoms with E-state index >= 15 is 0 Å². The standard InChI is InChI=1S/C15H16N4O2S2/c1-10-9-23-15(16-10)11-7-19(4-5-20-11)8-13-17-14(18-21-13)12-3-2-6-22-12/h2-3,6,9,11H,4-5,7-8H2,1H3/t11-/m0/s1. The third kappa shape index (κ3) is 3.35. The van der Waals surface area contributed by atoms with E-state index in [1.165, 1.54) is 0 Å². The van der Waals surface area contributed by atoms with Crippen LogP contribution in [0.25, 0.3) is 10.7 Å². The van der Waals surface area contributed by atoms with E-state index in [1.807, 2.05) is 24.4 Å². The van der Waals surface area contributed by atoms with Gasteiger partial charge in [-0.1, -0.05) is 11.2 Å². The molecule has 4 rings (SSSR count). The van der Waals surface area contributed by atoms with Gasteiger partial charge in [0, 0.05) is 24.2 Å². The predicted molar refractivity (Wildman–Crippen MR) is 88.4 cm³/mol. The summed E-state index contributed by atoms with van der Waals surface area (Å²) >= 11 is 3.26. The van der Waals surface area contributed by atoms with E-state index in [4.69, 9.17) is 9.26 Å². The van der Waals surface area contributed by atoms with E-state index in [9.17, 15) is 0 Å². The van der Waals surface area contributed by atoms with Crippen LogP contribution in [0, 0.1) is 6.92 Å². The quantitative estimate of drug-likeness (QED) is 0.722. The number of ether oxygens (including phenoxy) is 1. The molecule has 1 saturated heterocycles. The summed E-state index contributed by atoms with van der Waals surface area (Å²) in [6.07, 6.45) is 0.0298. The highest BCUT2D eigenvalue weighted by Gasteiger charge is 2.25. The Balaban J connectivity index is 1.42. The second-order valence-electron chi connectivity index (χ2n) is 5.41. The van der Waals surface area contributed by atoms with Crippen LogP contribution in [0.2, 0.25) is 0 Å². The van der Waals surface area contributed by atoms with Crippen LogP contribution in [0.1, 0.15) is 22.7 Å².